The average Bonchev–Trinajstić information content (AvgIpc) is 2.48. The largest absolute Gasteiger partial charge is 0.462 e. The fourth-order valence-corrected chi connectivity index (χ4v) is 2.24. The molecule has 5 atom stereocenters. The van der Waals surface area contributed by atoms with E-state index in [2.05, 4.69) is 0 Å². The highest BCUT2D eigenvalue weighted by atomic mass is 35.5. The zero-order valence-electron chi connectivity index (χ0n) is 10.6. The fourth-order valence-electron chi connectivity index (χ4n) is 2.02. The van der Waals surface area contributed by atoms with Crippen molar-refractivity contribution in [2.75, 3.05) is 6.61 Å². The second kappa shape index (κ2) is 6.71. The third kappa shape index (κ3) is 3.06. The van der Waals surface area contributed by atoms with Gasteiger partial charge in [0.25, 0.3) is 0 Å². The van der Waals surface area contributed by atoms with E-state index >= 15 is 0 Å². The minimum absolute atomic E-state index is 0.216. The molecule has 0 spiro atoms. The predicted molar refractivity (Wildman–Crippen MR) is 70.4 cm³/mol. The van der Waals surface area contributed by atoms with Crippen molar-refractivity contribution in [2.24, 2.45) is 0 Å². The van der Waals surface area contributed by atoms with E-state index in [0.717, 1.165) is 0 Å². The summed E-state index contributed by atoms with van der Waals surface area (Å²) in [4.78, 5) is 0. The molecule has 4 N–H and O–H groups in total. The number of ether oxygens (including phenoxy) is 2. The summed E-state index contributed by atoms with van der Waals surface area (Å²) in [6.45, 7) is -0.498. The maximum absolute atomic E-state index is 9.87. The number of rotatable bonds is 4. The molecule has 0 aliphatic carbocycles. The van der Waals surface area contributed by atoms with Crippen molar-refractivity contribution in [1.82, 2.24) is 0 Å². The SMILES string of the molecule is OC[C@H]1O[C@H](Oc2ccccc2CCl)[C@H](O)[C@@H](O)[C@@H]1O. The van der Waals surface area contributed by atoms with Gasteiger partial charge < -0.3 is 29.9 Å². The zero-order chi connectivity index (χ0) is 14.7. The van der Waals surface area contributed by atoms with Gasteiger partial charge in [-0.1, -0.05) is 18.2 Å². The van der Waals surface area contributed by atoms with Crippen LogP contribution in [0.15, 0.2) is 24.3 Å². The highest BCUT2D eigenvalue weighted by Gasteiger charge is 2.44. The van der Waals surface area contributed by atoms with Crippen LogP contribution in [-0.4, -0.2) is 57.7 Å². The highest BCUT2D eigenvalue weighted by Crippen LogP contribution is 2.27. The molecular weight excluding hydrogens is 288 g/mol. The van der Waals surface area contributed by atoms with E-state index in [1.54, 1.807) is 24.3 Å². The van der Waals surface area contributed by atoms with Crippen LogP contribution in [0.3, 0.4) is 0 Å². The number of aliphatic hydroxyl groups excluding tert-OH is 4. The van der Waals surface area contributed by atoms with Crippen LogP contribution in [0.1, 0.15) is 5.56 Å². The van der Waals surface area contributed by atoms with E-state index in [1.165, 1.54) is 0 Å². The summed E-state index contributed by atoms with van der Waals surface area (Å²) in [5.41, 5.74) is 0.700. The van der Waals surface area contributed by atoms with Crippen LogP contribution >= 0.6 is 11.6 Å². The minimum atomic E-state index is -1.46. The number of alkyl halides is 1. The van der Waals surface area contributed by atoms with Crippen LogP contribution in [-0.2, 0) is 10.6 Å². The van der Waals surface area contributed by atoms with Crippen molar-refractivity contribution < 1.29 is 29.9 Å². The van der Waals surface area contributed by atoms with Gasteiger partial charge in [-0.05, 0) is 6.07 Å². The molecule has 1 heterocycles. The monoisotopic (exact) mass is 304 g/mol. The fraction of sp³-hybridized carbons (Fsp3) is 0.538. The molecule has 20 heavy (non-hydrogen) atoms. The Morgan fingerprint density at radius 2 is 1.80 bits per heavy atom. The summed E-state index contributed by atoms with van der Waals surface area (Å²) >= 11 is 5.78. The topological polar surface area (TPSA) is 99.4 Å². The Morgan fingerprint density at radius 3 is 2.45 bits per heavy atom. The first kappa shape index (κ1) is 15.5. The lowest BCUT2D eigenvalue weighted by atomic mass is 9.99. The average molecular weight is 305 g/mol. The molecule has 0 aromatic heterocycles. The first-order valence-corrected chi connectivity index (χ1v) is 6.73. The number of hydrogen-bond acceptors (Lipinski definition) is 6. The molecule has 1 saturated heterocycles. The molecule has 0 unspecified atom stereocenters. The number of aliphatic hydroxyl groups is 4. The van der Waals surface area contributed by atoms with Crippen molar-refractivity contribution in [3.63, 3.8) is 0 Å². The Labute approximate surface area is 121 Å². The first-order chi connectivity index (χ1) is 9.58. The van der Waals surface area contributed by atoms with Crippen LogP contribution in [0.5, 0.6) is 5.75 Å². The maximum Gasteiger partial charge on any atom is 0.229 e. The molecule has 1 aliphatic rings. The summed E-state index contributed by atoms with van der Waals surface area (Å²) in [6.07, 6.45) is -6.50. The molecular formula is C13H17ClO6. The normalized spacial score (nSPS) is 34.0. The third-order valence-electron chi connectivity index (χ3n) is 3.21. The van der Waals surface area contributed by atoms with Gasteiger partial charge in [-0.2, -0.15) is 0 Å². The van der Waals surface area contributed by atoms with Crippen molar-refractivity contribution in [3.05, 3.63) is 29.8 Å². The highest BCUT2D eigenvalue weighted by molar-refractivity contribution is 6.17. The van der Waals surface area contributed by atoms with Gasteiger partial charge in [0.1, 0.15) is 30.2 Å². The van der Waals surface area contributed by atoms with Crippen LogP contribution < -0.4 is 4.74 Å². The molecule has 0 bridgehead atoms. The van der Waals surface area contributed by atoms with Gasteiger partial charge in [0, 0.05) is 5.56 Å². The molecule has 7 heteroatoms. The summed E-state index contributed by atoms with van der Waals surface area (Å²) in [7, 11) is 0. The van der Waals surface area contributed by atoms with Gasteiger partial charge in [-0.15, -0.1) is 11.6 Å². The van der Waals surface area contributed by atoms with Gasteiger partial charge in [-0.25, -0.2) is 0 Å². The first-order valence-electron chi connectivity index (χ1n) is 6.19. The lowest BCUT2D eigenvalue weighted by Gasteiger charge is -2.39. The lowest BCUT2D eigenvalue weighted by molar-refractivity contribution is -0.277. The second-order valence-electron chi connectivity index (χ2n) is 4.56. The van der Waals surface area contributed by atoms with Crippen molar-refractivity contribution in [2.45, 2.75) is 36.6 Å². The number of benzene rings is 1. The second-order valence-corrected chi connectivity index (χ2v) is 4.82. The molecule has 0 radical (unpaired) electrons. The zero-order valence-corrected chi connectivity index (χ0v) is 11.3. The molecule has 6 nitrogen and oxygen atoms in total. The van der Waals surface area contributed by atoms with Crippen molar-refractivity contribution in [3.8, 4) is 5.75 Å². The number of halogens is 1. The standard InChI is InChI=1S/C13H17ClO6/c14-5-7-3-1-2-4-8(7)19-13-12(18)11(17)10(16)9(6-15)20-13/h1-4,9-13,15-18H,5-6H2/t9-,10-,11+,12-,13+/m1/s1. The van der Waals surface area contributed by atoms with Gasteiger partial charge >= 0.3 is 0 Å². The van der Waals surface area contributed by atoms with Gasteiger partial charge in [-0.3, -0.25) is 0 Å². The number of hydrogen-bond donors (Lipinski definition) is 4. The lowest BCUT2D eigenvalue weighted by Crippen LogP contribution is -2.60. The van der Waals surface area contributed by atoms with Gasteiger partial charge in [0.15, 0.2) is 0 Å². The minimum Gasteiger partial charge on any atom is -0.462 e. The van der Waals surface area contributed by atoms with Crippen LogP contribution in [0.2, 0.25) is 0 Å². The van der Waals surface area contributed by atoms with Gasteiger partial charge in [0.2, 0.25) is 6.29 Å². The van der Waals surface area contributed by atoms with Crippen LogP contribution in [0, 0.1) is 0 Å². The predicted octanol–water partition coefficient (Wildman–Crippen LogP) is -0.396. The van der Waals surface area contributed by atoms with E-state index in [9.17, 15) is 15.3 Å². The van der Waals surface area contributed by atoms with E-state index in [-0.39, 0.29) is 5.88 Å². The van der Waals surface area contributed by atoms with E-state index in [4.69, 9.17) is 26.2 Å². The third-order valence-corrected chi connectivity index (χ3v) is 3.50. The quantitative estimate of drug-likeness (QED) is 0.565. The van der Waals surface area contributed by atoms with Crippen LogP contribution in [0.25, 0.3) is 0 Å². The van der Waals surface area contributed by atoms with E-state index in [0.29, 0.717) is 11.3 Å². The Hall–Kier alpha value is -0.890. The molecule has 1 aromatic carbocycles. The van der Waals surface area contributed by atoms with Crippen molar-refractivity contribution >= 4 is 11.6 Å². The smallest absolute Gasteiger partial charge is 0.229 e. The summed E-state index contributed by atoms with van der Waals surface area (Å²) in [6, 6.07) is 6.93. The van der Waals surface area contributed by atoms with E-state index < -0.39 is 37.3 Å². The van der Waals surface area contributed by atoms with Crippen molar-refractivity contribution in [1.29, 1.82) is 0 Å². The Balaban J connectivity index is 2.15. The molecule has 0 amide bonds. The Kier molecular flexibility index (Phi) is 5.20. The molecule has 112 valence electrons. The maximum atomic E-state index is 9.87. The molecule has 2 rings (SSSR count). The molecule has 1 aliphatic heterocycles. The Morgan fingerprint density at radius 1 is 1.10 bits per heavy atom. The molecule has 1 aromatic rings. The van der Waals surface area contributed by atoms with Crippen LogP contribution in [0.4, 0.5) is 0 Å². The summed E-state index contributed by atoms with van der Waals surface area (Å²) < 4.78 is 10.8. The number of para-hydroxylation sites is 1. The summed E-state index contributed by atoms with van der Waals surface area (Å²) in [5, 5.41) is 38.3. The Bertz CT molecular complexity index is 441. The van der Waals surface area contributed by atoms with E-state index in [1.807, 2.05) is 0 Å². The molecule has 1 fully saturated rings. The van der Waals surface area contributed by atoms with Gasteiger partial charge in [0.05, 0.1) is 12.5 Å². The molecule has 0 saturated carbocycles. The summed E-state index contributed by atoms with van der Waals surface area (Å²) in [5.74, 6) is 0.625.